The van der Waals surface area contributed by atoms with E-state index in [1.54, 1.807) is 6.08 Å². The average molecular weight is 548 g/mol. The molecule has 0 saturated heterocycles. The number of ether oxygens (including phenoxy) is 4. The number of hydrogen-bond donors (Lipinski definition) is 3. The third kappa shape index (κ3) is 4.71. The van der Waals surface area contributed by atoms with Crippen LogP contribution in [0.15, 0.2) is 24.0 Å². The zero-order chi connectivity index (χ0) is 28.7. The second kappa shape index (κ2) is 10.5. The summed E-state index contributed by atoms with van der Waals surface area (Å²) >= 11 is 0. The Morgan fingerprint density at radius 3 is 2.49 bits per heavy atom. The van der Waals surface area contributed by atoms with Gasteiger partial charge in [-0.2, -0.15) is 0 Å². The van der Waals surface area contributed by atoms with Crippen molar-refractivity contribution in [1.29, 1.82) is 0 Å². The first-order chi connectivity index (χ1) is 18.4. The highest BCUT2D eigenvalue weighted by Crippen LogP contribution is 2.62. The molecule has 212 valence electrons. The van der Waals surface area contributed by atoms with Crippen molar-refractivity contribution in [2.24, 2.45) is 0 Å². The highest BCUT2D eigenvalue weighted by atomic mass is 16.6. The molecule has 1 aliphatic heterocycles. The van der Waals surface area contributed by atoms with E-state index in [2.05, 4.69) is 4.90 Å². The number of carboxylic acids is 2. The van der Waals surface area contributed by atoms with Crippen molar-refractivity contribution in [3.63, 3.8) is 0 Å². The fourth-order valence-electron chi connectivity index (χ4n) is 5.99. The highest BCUT2D eigenvalue weighted by molar-refractivity contribution is 5.84. The molecule has 0 spiro atoms. The minimum absolute atomic E-state index is 0.189. The summed E-state index contributed by atoms with van der Waals surface area (Å²) in [5, 5.41) is 30.1. The van der Waals surface area contributed by atoms with Crippen LogP contribution in [-0.2, 0) is 40.5 Å². The summed E-state index contributed by atoms with van der Waals surface area (Å²) in [6.45, 7) is 4.62. The van der Waals surface area contributed by atoms with Crippen molar-refractivity contribution in [3.8, 4) is 11.5 Å². The highest BCUT2D eigenvalue weighted by Gasteiger charge is 2.68. The maximum atomic E-state index is 12.7. The molecule has 0 saturated carbocycles. The summed E-state index contributed by atoms with van der Waals surface area (Å²) in [7, 11) is 3.48. The number of likely N-dealkylation sites (N-methyl/N-ethyl adjacent to an activating group) is 1. The van der Waals surface area contributed by atoms with Gasteiger partial charge in [0.05, 0.1) is 37.4 Å². The molecule has 0 radical (unpaired) electrons. The monoisotopic (exact) mass is 547 g/mol. The molecule has 12 nitrogen and oxygen atoms in total. The number of hydrogen-bond acceptors (Lipinski definition) is 10. The van der Waals surface area contributed by atoms with Gasteiger partial charge in [-0.3, -0.25) is 14.4 Å². The van der Waals surface area contributed by atoms with E-state index in [9.17, 15) is 24.3 Å². The van der Waals surface area contributed by atoms with Crippen molar-refractivity contribution in [1.82, 2.24) is 4.90 Å². The van der Waals surface area contributed by atoms with Crippen molar-refractivity contribution < 1.29 is 53.4 Å². The van der Waals surface area contributed by atoms with Gasteiger partial charge in [0, 0.05) is 18.0 Å². The van der Waals surface area contributed by atoms with Crippen molar-refractivity contribution in [2.45, 2.75) is 75.2 Å². The minimum Gasteiger partial charge on any atom is -0.493 e. The third-order valence-electron chi connectivity index (χ3n) is 8.15. The van der Waals surface area contributed by atoms with Crippen LogP contribution in [-0.4, -0.2) is 88.6 Å². The molecule has 3 N–H and O–H groups in total. The van der Waals surface area contributed by atoms with Crippen LogP contribution in [0.1, 0.15) is 50.7 Å². The average Bonchev–Trinajstić information content (AvgIpc) is 3.22. The Labute approximate surface area is 225 Å². The number of carbonyl (C=O) groups excluding carboxylic acids is 2. The van der Waals surface area contributed by atoms with Gasteiger partial charge in [0.25, 0.3) is 0 Å². The first kappa shape index (κ1) is 28.4. The summed E-state index contributed by atoms with van der Waals surface area (Å²) in [6.07, 6.45) is -2.14. The van der Waals surface area contributed by atoms with Gasteiger partial charge in [0.1, 0.15) is 5.76 Å². The fraction of sp³-hybridized carbons (Fsp3) is 0.556. The third-order valence-corrected chi connectivity index (χ3v) is 8.15. The van der Waals surface area contributed by atoms with E-state index in [4.69, 9.17) is 29.2 Å². The van der Waals surface area contributed by atoms with Crippen LogP contribution in [0.25, 0.3) is 0 Å². The van der Waals surface area contributed by atoms with Crippen molar-refractivity contribution >= 4 is 23.9 Å². The molecule has 0 bridgehead atoms. The van der Waals surface area contributed by atoms with E-state index in [1.807, 2.05) is 33.0 Å². The zero-order valence-corrected chi connectivity index (χ0v) is 22.3. The van der Waals surface area contributed by atoms with E-state index in [0.717, 1.165) is 11.1 Å². The number of aliphatic carboxylic acids is 2. The Kier molecular flexibility index (Phi) is 7.63. The molecular formula is C27H33NO11. The molecule has 1 heterocycles. The Hall–Kier alpha value is -3.64. The first-order valence-corrected chi connectivity index (χ1v) is 12.7. The lowest BCUT2D eigenvalue weighted by Crippen LogP contribution is -2.69. The second-order valence-electron chi connectivity index (χ2n) is 10.2. The van der Waals surface area contributed by atoms with Gasteiger partial charge in [-0.15, -0.1) is 0 Å². The molecule has 0 amide bonds. The smallest absolute Gasteiger partial charge is 0.345 e. The Morgan fingerprint density at radius 2 is 1.87 bits per heavy atom. The number of benzene rings is 1. The van der Waals surface area contributed by atoms with Crippen LogP contribution in [0, 0.1) is 0 Å². The minimum atomic E-state index is -1.86. The van der Waals surface area contributed by atoms with Gasteiger partial charge in [0.2, 0.25) is 6.10 Å². The number of rotatable bonds is 11. The second-order valence-corrected chi connectivity index (χ2v) is 10.2. The number of carboxylic acid groups (broad SMARTS) is 2. The molecule has 39 heavy (non-hydrogen) atoms. The van der Waals surface area contributed by atoms with E-state index in [1.165, 1.54) is 7.11 Å². The number of methoxy groups -OCH3 is 1. The SMILES string of the molecule is CCN(C)[C@@H]1Cc2ccc(OC)c3c2[C@@]2(C)[C@@H](O3)C(OC(=O)CCC(=O)O[C@@H](CC(=O)O)C(=O)O)=CC[C@@]12O. The van der Waals surface area contributed by atoms with Crippen LogP contribution >= 0.6 is 0 Å². The summed E-state index contributed by atoms with van der Waals surface area (Å²) in [6, 6.07) is 3.55. The Balaban J connectivity index is 1.55. The number of nitrogens with zero attached hydrogens (tertiary/aromatic N) is 1. The van der Waals surface area contributed by atoms with Crippen LogP contribution < -0.4 is 9.47 Å². The van der Waals surface area contributed by atoms with Crippen LogP contribution in [0.4, 0.5) is 0 Å². The maximum absolute atomic E-state index is 12.7. The van der Waals surface area contributed by atoms with E-state index < -0.39 is 66.4 Å². The fourth-order valence-corrected chi connectivity index (χ4v) is 5.99. The van der Waals surface area contributed by atoms with Gasteiger partial charge < -0.3 is 39.2 Å². The van der Waals surface area contributed by atoms with Gasteiger partial charge in [-0.25, -0.2) is 4.79 Å². The molecule has 0 fully saturated rings. The van der Waals surface area contributed by atoms with Crippen molar-refractivity contribution in [2.75, 3.05) is 20.7 Å². The van der Waals surface area contributed by atoms with E-state index in [-0.39, 0.29) is 18.2 Å². The molecule has 4 rings (SSSR count). The predicted octanol–water partition coefficient (Wildman–Crippen LogP) is 1.40. The van der Waals surface area contributed by atoms with Gasteiger partial charge in [-0.1, -0.05) is 13.0 Å². The molecule has 1 aromatic carbocycles. The predicted molar refractivity (Wildman–Crippen MR) is 133 cm³/mol. The van der Waals surface area contributed by atoms with Gasteiger partial charge >= 0.3 is 23.9 Å². The normalized spacial score (nSPS) is 27.1. The van der Waals surface area contributed by atoms with Crippen molar-refractivity contribution in [3.05, 3.63) is 35.1 Å². The van der Waals surface area contributed by atoms with E-state index in [0.29, 0.717) is 24.5 Å². The topological polar surface area (TPSA) is 169 Å². The van der Waals surface area contributed by atoms with Crippen LogP contribution in [0.5, 0.6) is 11.5 Å². The van der Waals surface area contributed by atoms with Gasteiger partial charge in [0.15, 0.2) is 17.6 Å². The lowest BCUT2D eigenvalue weighted by molar-refractivity contribution is -0.168. The van der Waals surface area contributed by atoms with Crippen LogP contribution in [0.2, 0.25) is 0 Å². The molecule has 0 aromatic heterocycles. The maximum Gasteiger partial charge on any atom is 0.345 e. The number of aliphatic hydroxyl groups is 1. The zero-order valence-electron chi connectivity index (χ0n) is 22.3. The van der Waals surface area contributed by atoms with Crippen LogP contribution in [0.3, 0.4) is 0 Å². The molecule has 5 atom stereocenters. The quantitative estimate of drug-likeness (QED) is 0.341. The lowest BCUT2D eigenvalue weighted by Gasteiger charge is -2.56. The molecule has 1 aromatic rings. The largest absolute Gasteiger partial charge is 0.493 e. The molecule has 3 aliphatic rings. The molecule has 2 aliphatic carbocycles. The summed E-state index contributed by atoms with van der Waals surface area (Å²) in [5.41, 5.74) is -0.398. The van der Waals surface area contributed by atoms with Gasteiger partial charge in [-0.05, 0) is 44.6 Å². The standard InChI is InChI=1S/C27H33NO11/c1-5-28(3)18-12-14-6-7-15(36-4)23-22(14)26(2)24(39-23)16(10-11-27(18,26)35)37-20(31)8-9-21(32)38-17(25(33)34)13-19(29)30/h6-7,10,17-18,24,35H,5,8-9,11-13H2,1-4H3,(H,29,30)(H,33,34)/t17-,18+,24-,26-,27+/m0/s1. The molecular weight excluding hydrogens is 514 g/mol. The van der Waals surface area contributed by atoms with E-state index >= 15 is 0 Å². The Morgan fingerprint density at radius 1 is 1.18 bits per heavy atom. The summed E-state index contributed by atoms with van der Waals surface area (Å²) in [5.74, 6) is -3.70. The molecule has 12 heteroatoms. The lowest BCUT2D eigenvalue weighted by atomic mass is 9.54. The summed E-state index contributed by atoms with van der Waals surface area (Å²) in [4.78, 5) is 48.8. The summed E-state index contributed by atoms with van der Waals surface area (Å²) < 4.78 is 22.2. The number of esters is 2. The number of carbonyl (C=O) groups is 4. The Bertz CT molecular complexity index is 1230. The first-order valence-electron chi connectivity index (χ1n) is 12.7. The molecule has 0 unspecified atom stereocenters.